The molecular formula is C7H4FNO2. The molecule has 1 aromatic rings. The third kappa shape index (κ3) is 1.42. The van der Waals surface area contributed by atoms with E-state index in [4.69, 9.17) is 5.11 Å². The van der Waals surface area contributed by atoms with Gasteiger partial charge in [0.05, 0.1) is 0 Å². The Balaban J connectivity index is 3.26. The fourth-order valence-corrected chi connectivity index (χ4v) is 0.643. The molecule has 1 rings (SSSR count). The Hall–Kier alpha value is -1.67. The molecule has 0 bridgehead atoms. The van der Waals surface area contributed by atoms with E-state index >= 15 is 0 Å². The average Bonchev–Trinajstić information content (AvgIpc) is 1.99. The molecule has 0 saturated heterocycles. The SMILES string of the molecule is O=C=Nc1cccc(F)c1O. The van der Waals surface area contributed by atoms with Crippen LogP contribution in [-0.4, -0.2) is 11.2 Å². The fourth-order valence-electron chi connectivity index (χ4n) is 0.643. The summed E-state index contributed by atoms with van der Waals surface area (Å²) in [5, 5.41) is 8.88. The monoisotopic (exact) mass is 153 g/mol. The Labute approximate surface area is 61.8 Å². The normalized spacial score (nSPS) is 8.82. The van der Waals surface area contributed by atoms with Crippen LogP contribution in [0.5, 0.6) is 5.75 Å². The van der Waals surface area contributed by atoms with Crippen LogP contribution in [0.2, 0.25) is 0 Å². The zero-order chi connectivity index (χ0) is 8.27. The number of benzene rings is 1. The number of aliphatic imine (C=N–C) groups is 1. The molecule has 0 aromatic heterocycles. The summed E-state index contributed by atoms with van der Waals surface area (Å²) in [7, 11) is 0. The minimum absolute atomic E-state index is 0.111. The summed E-state index contributed by atoms with van der Waals surface area (Å²) in [5.41, 5.74) is -0.111. The van der Waals surface area contributed by atoms with Crippen molar-refractivity contribution < 1.29 is 14.3 Å². The molecule has 0 saturated carbocycles. The molecule has 3 nitrogen and oxygen atoms in total. The van der Waals surface area contributed by atoms with Gasteiger partial charge in [0.1, 0.15) is 5.69 Å². The van der Waals surface area contributed by atoms with Gasteiger partial charge in [-0.25, -0.2) is 9.18 Å². The molecule has 56 valence electrons. The molecule has 0 heterocycles. The van der Waals surface area contributed by atoms with E-state index in [1.807, 2.05) is 0 Å². The highest BCUT2D eigenvalue weighted by Gasteiger charge is 2.03. The number of para-hydroxylation sites is 1. The van der Waals surface area contributed by atoms with Crippen molar-refractivity contribution in [1.29, 1.82) is 0 Å². The Bertz CT molecular complexity index is 318. The molecule has 0 atom stereocenters. The van der Waals surface area contributed by atoms with Gasteiger partial charge in [-0.3, -0.25) is 0 Å². The average molecular weight is 153 g/mol. The number of isocyanates is 1. The highest BCUT2D eigenvalue weighted by atomic mass is 19.1. The zero-order valence-electron chi connectivity index (χ0n) is 5.41. The smallest absolute Gasteiger partial charge is 0.240 e. The summed E-state index contributed by atoms with van der Waals surface area (Å²) in [5.74, 6) is -1.43. The topological polar surface area (TPSA) is 49.7 Å². The predicted octanol–water partition coefficient (Wildman–Crippen LogP) is 1.50. The molecule has 0 aliphatic rings. The number of hydrogen-bond donors (Lipinski definition) is 1. The van der Waals surface area contributed by atoms with E-state index in [2.05, 4.69) is 4.99 Å². The second kappa shape index (κ2) is 2.94. The number of carbonyl (C=O) groups excluding carboxylic acids is 1. The second-order valence-corrected chi connectivity index (χ2v) is 1.81. The fraction of sp³-hybridized carbons (Fsp3) is 0. The van der Waals surface area contributed by atoms with Gasteiger partial charge >= 0.3 is 0 Å². The minimum Gasteiger partial charge on any atom is -0.503 e. The van der Waals surface area contributed by atoms with Crippen LogP contribution in [0.4, 0.5) is 10.1 Å². The molecule has 11 heavy (non-hydrogen) atoms. The molecule has 0 aliphatic carbocycles. The quantitative estimate of drug-likeness (QED) is 0.491. The van der Waals surface area contributed by atoms with E-state index in [0.29, 0.717) is 0 Å². The third-order valence-electron chi connectivity index (χ3n) is 1.13. The number of phenolic OH excluding ortho intramolecular Hbond substituents is 1. The Morgan fingerprint density at radius 3 is 2.91 bits per heavy atom. The number of rotatable bonds is 1. The number of aromatic hydroxyl groups is 1. The number of nitrogens with zero attached hydrogens (tertiary/aromatic N) is 1. The summed E-state index contributed by atoms with van der Waals surface area (Å²) >= 11 is 0. The molecule has 1 N–H and O–H groups in total. The lowest BCUT2D eigenvalue weighted by Gasteiger charge is -1.95. The molecule has 0 unspecified atom stereocenters. The Kier molecular flexibility index (Phi) is 1.99. The minimum atomic E-state index is -0.804. The molecule has 0 aliphatic heterocycles. The van der Waals surface area contributed by atoms with Crippen LogP contribution in [0.25, 0.3) is 0 Å². The number of halogens is 1. The van der Waals surface area contributed by atoms with Gasteiger partial charge in [-0.2, -0.15) is 4.99 Å². The molecule has 4 heteroatoms. The van der Waals surface area contributed by atoms with Gasteiger partial charge in [0.15, 0.2) is 11.6 Å². The van der Waals surface area contributed by atoms with Gasteiger partial charge in [-0.1, -0.05) is 6.07 Å². The third-order valence-corrected chi connectivity index (χ3v) is 1.13. The van der Waals surface area contributed by atoms with Gasteiger partial charge in [0.25, 0.3) is 0 Å². The summed E-state index contributed by atoms with van der Waals surface area (Å²) in [6.07, 6.45) is 1.20. The highest BCUT2D eigenvalue weighted by Crippen LogP contribution is 2.27. The van der Waals surface area contributed by atoms with Crippen LogP contribution in [0.1, 0.15) is 0 Å². The van der Waals surface area contributed by atoms with Crippen molar-refractivity contribution in [3.05, 3.63) is 24.0 Å². The maximum atomic E-state index is 12.5. The van der Waals surface area contributed by atoms with Gasteiger partial charge in [0, 0.05) is 0 Å². The van der Waals surface area contributed by atoms with Crippen LogP contribution in [-0.2, 0) is 4.79 Å². The van der Waals surface area contributed by atoms with Crippen molar-refractivity contribution >= 4 is 11.8 Å². The van der Waals surface area contributed by atoms with Crippen LogP contribution in [0, 0.1) is 5.82 Å². The maximum absolute atomic E-state index is 12.5. The first-order valence-electron chi connectivity index (χ1n) is 2.81. The van der Waals surface area contributed by atoms with E-state index < -0.39 is 11.6 Å². The van der Waals surface area contributed by atoms with Crippen LogP contribution < -0.4 is 0 Å². The first-order valence-corrected chi connectivity index (χ1v) is 2.81. The first kappa shape index (κ1) is 7.44. The highest BCUT2D eigenvalue weighted by molar-refractivity contribution is 5.57. The van der Waals surface area contributed by atoms with Gasteiger partial charge in [0.2, 0.25) is 6.08 Å². The molecule has 0 spiro atoms. The summed E-state index contributed by atoms with van der Waals surface area (Å²) in [6, 6.07) is 3.72. The predicted molar refractivity (Wildman–Crippen MR) is 35.8 cm³/mol. The van der Waals surface area contributed by atoms with Crippen molar-refractivity contribution in [3.8, 4) is 5.75 Å². The Morgan fingerprint density at radius 1 is 1.55 bits per heavy atom. The van der Waals surface area contributed by atoms with E-state index in [-0.39, 0.29) is 5.69 Å². The standard InChI is InChI=1S/C7H4FNO2/c8-5-2-1-3-6(7(5)11)9-4-10/h1-3,11H. The lowest BCUT2D eigenvalue weighted by molar-refractivity contribution is 0.434. The van der Waals surface area contributed by atoms with E-state index in [9.17, 15) is 9.18 Å². The maximum Gasteiger partial charge on any atom is 0.240 e. The Morgan fingerprint density at radius 2 is 2.27 bits per heavy atom. The summed E-state index contributed by atoms with van der Waals surface area (Å²) in [6.45, 7) is 0. The van der Waals surface area contributed by atoms with Gasteiger partial charge < -0.3 is 5.11 Å². The second-order valence-electron chi connectivity index (χ2n) is 1.81. The zero-order valence-corrected chi connectivity index (χ0v) is 5.41. The van der Waals surface area contributed by atoms with E-state index in [0.717, 1.165) is 6.07 Å². The molecule has 0 amide bonds. The largest absolute Gasteiger partial charge is 0.503 e. The first-order chi connectivity index (χ1) is 5.25. The van der Waals surface area contributed by atoms with Crippen LogP contribution in [0.3, 0.4) is 0 Å². The molecule has 0 radical (unpaired) electrons. The van der Waals surface area contributed by atoms with Gasteiger partial charge in [-0.05, 0) is 12.1 Å². The lowest BCUT2D eigenvalue weighted by Crippen LogP contribution is -1.74. The molecule has 0 fully saturated rings. The van der Waals surface area contributed by atoms with Gasteiger partial charge in [-0.15, -0.1) is 0 Å². The summed E-state index contributed by atoms with van der Waals surface area (Å²) < 4.78 is 12.5. The van der Waals surface area contributed by atoms with Crippen molar-refractivity contribution in [2.24, 2.45) is 4.99 Å². The van der Waals surface area contributed by atoms with Crippen molar-refractivity contribution in [3.63, 3.8) is 0 Å². The molecular weight excluding hydrogens is 149 g/mol. The lowest BCUT2D eigenvalue weighted by atomic mass is 10.3. The number of phenols is 1. The summed E-state index contributed by atoms with van der Waals surface area (Å²) in [4.78, 5) is 12.8. The van der Waals surface area contributed by atoms with E-state index in [1.54, 1.807) is 0 Å². The molecule has 1 aromatic carbocycles. The van der Waals surface area contributed by atoms with Crippen molar-refractivity contribution in [1.82, 2.24) is 0 Å². The van der Waals surface area contributed by atoms with Crippen molar-refractivity contribution in [2.45, 2.75) is 0 Å². The van der Waals surface area contributed by atoms with Crippen LogP contribution in [0.15, 0.2) is 23.2 Å². The van der Waals surface area contributed by atoms with E-state index in [1.165, 1.54) is 18.2 Å². The van der Waals surface area contributed by atoms with Crippen LogP contribution >= 0.6 is 0 Å². The van der Waals surface area contributed by atoms with Crippen molar-refractivity contribution in [2.75, 3.05) is 0 Å². The number of hydrogen-bond acceptors (Lipinski definition) is 3.